The molecule has 1 aliphatic heterocycles. The lowest BCUT2D eigenvalue weighted by Crippen LogP contribution is -2.38. The maximum absolute atomic E-state index is 9.32. The lowest BCUT2D eigenvalue weighted by Gasteiger charge is -2.34. The van der Waals surface area contributed by atoms with E-state index >= 15 is 0 Å². The molecule has 0 aliphatic carbocycles. The predicted molar refractivity (Wildman–Crippen MR) is 77.2 cm³/mol. The standard InChI is InChI=1S/C14H19N3S/c1-4-12-9-17(5-6-18-12)14-7-10(2)16-11(3)13(14)8-15/h7,12H,4-6,9H2,1-3H3. The first kappa shape index (κ1) is 13.2. The summed E-state index contributed by atoms with van der Waals surface area (Å²) in [6.45, 7) is 8.21. The molecule has 3 nitrogen and oxygen atoms in total. The molecule has 0 bridgehead atoms. The van der Waals surface area contributed by atoms with Crippen LogP contribution in [-0.4, -0.2) is 29.1 Å². The summed E-state index contributed by atoms with van der Waals surface area (Å²) < 4.78 is 0. The number of thioether (sulfide) groups is 1. The van der Waals surface area contributed by atoms with E-state index in [1.165, 1.54) is 6.42 Å². The predicted octanol–water partition coefficient (Wildman–Crippen LogP) is 2.90. The highest BCUT2D eigenvalue weighted by Gasteiger charge is 2.22. The van der Waals surface area contributed by atoms with Crippen LogP contribution in [-0.2, 0) is 0 Å². The summed E-state index contributed by atoms with van der Waals surface area (Å²) in [5.41, 5.74) is 3.65. The Morgan fingerprint density at radius 3 is 3.00 bits per heavy atom. The van der Waals surface area contributed by atoms with Crippen LogP contribution in [0.2, 0.25) is 0 Å². The van der Waals surface area contributed by atoms with Crippen LogP contribution in [0.25, 0.3) is 0 Å². The summed E-state index contributed by atoms with van der Waals surface area (Å²) in [6, 6.07) is 4.36. The SMILES string of the molecule is CCC1CN(c2cc(C)nc(C)c2C#N)CCS1. The van der Waals surface area contributed by atoms with Gasteiger partial charge in [-0.15, -0.1) is 0 Å². The topological polar surface area (TPSA) is 39.9 Å². The minimum Gasteiger partial charge on any atom is -0.368 e. The van der Waals surface area contributed by atoms with Gasteiger partial charge < -0.3 is 4.90 Å². The first-order chi connectivity index (χ1) is 8.65. The molecule has 1 aliphatic rings. The van der Waals surface area contributed by atoms with E-state index in [4.69, 9.17) is 0 Å². The van der Waals surface area contributed by atoms with E-state index in [-0.39, 0.29) is 0 Å². The molecule has 0 N–H and O–H groups in total. The third-order valence-corrected chi connectivity index (χ3v) is 4.73. The van der Waals surface area contributed by atoms with Gasteiger partial charge in [-0.05, 0) is 26.3 Å². The fourth-order valence-electron chi connectivity index (χ4n) is 2.38. The highest BCUT2D eigenvalue weighted by atomic mass is 32.2. The van der Waals surface area contributed by atoms with Gasteiger partial charge in [0.05, 0.1) is 16.9 Å². The van der Waals surface area contributed by atoms with Crippen LogP contribution in [0.3, 0.4) is 0 Å². The van der Waals surface area contributed by atoms with Gasteiger partial charge in [0.1, 0.15) is 6.07 Å². The first-order valence-corrected chi connectivity index (χ1v) is 7.45. The van der Waals surface area contributed by atoms with Gasteiger partial charge in [-0.2, -0.15) is 17.0 Å². The van der Waals surface area contributed by atoms with Crippen molar-refractivity contribution >= 4 is 17.4 Å². The van der Waals surface area contributed by atoms with Crippen LogP contribution < -0.4 is 4.90 Å². The van der Waals surface area contributed by atoms with Crippen molar-refractivity contribution in [3.63, 3.8) is 0 Å². The smallest absolute Gasteiger partial charge is 0.103 e. The molecule has 1 saturated heterocycles. The Balaban J connectivity index is 2.35. The molecule has 2 heterocycles. The van der Waals surface area contributed by atoms with Crippen molar-refractivity contribution in [1.82, 2.24) is 4.98 Å². The summed E-state index contributed by atoms with van der Waals surface area (Å²) in [5.74, 6) is 1.14. The van der Waals surface area contributed by atoms with Crippen LogP contribution >= 0.6 is 11.8 Å². The zero-order valence-corrected chi connectivity index (χ0v) is 12.0. The number of nitriles is 1. The Labute approximate surface area is 113 Å². The molecule has 1 unspecified atom stereocenters. The Kier molecular flexibility index (Phi) is 4.13. The average Bonchev–Trinajstić information content (AvgIpc) is 2.38. The summed E-state index contributed by atoms with van der Waals surface area (Å²) in [7, 11) is 0. The summed E-state index contributed by atoms with van der Waals surface area (Å²) in [5, 5.41) is 10.0. The lowest BCUT2D eigenvalue weighted by atomic mass is 10.1. The number of nitrogens with zero attached hydrogens (tertiary/aromatic N) is 3. The quantitative estimate of drug-likeness (QED) is 0.820. The van der Waals surface area contributed by atoms with Crippen molar-refractivity contribution in [2.45, 2.75) is 32.4 Å². The normalized spacial score (nSPS) is 19.7. The third-order valence-electron chi connectivity index (χ3n) is 3.35. The number of aryl methyl sites for hydroxylation is 2. The van der Waals surface area contributed by atoms with Gasteiger partial charge in [0.15, 0.2) is 0 Å². The Bertz CT molecular complexity index is 479. The Morgan fingerprint density at radius 1 is 1.56 bits per heavy atom. The number of hydrogen-bond acceptors (Lipinski definition) is 4. The molecule has 0 radical (unpaired) electrons. The largest absolute Gasteiger partial charge is 0.368 e. The van der Waals surface area contributed by atoms with Gasteiger partial charge in [-0.25, -0.2) is 0 Å². The molecule has 0 amide bonds. The number of anilines is 1. The molecule has 0 aromatic carbocycles. The number of hydrogen-bond donors (Lipinski definition) is 0. The highest BCUT2D eigenvalue weighted by Crippen LogP contribution is 2.29. The fourth-order valence-corrected chi connectivity index (χ4v) is 3.56. The van der Waals surface area contributed by atoms with Gasteiger partial charge in [-0.3, -0.25) is 4.98 Å². The van der Waals surface area contributed by atoms with Gasteiger partial charge in [0.25, 0.3) is 0 Å². The monoisotopic (exact) mass is 261 g/mol. The number of pyridine rings is 1. The Hall–Kier alpha value is -1.21. The molecule has 1 atom stereocenters. The van der Waals surface area contributed by atoms with Crippen molar-refractivity contribution in [1.29, 1.82) is 5.26 Å². The first-order valence-electron chi connectivity index (χ1n) is 6.40. The summed E-state index contributed by atoms with van der Waals surface area (Å²) >= 11 is 2.04. The fraction of sp³-hybridized carbons (Fsp3) is 0.571. The molecule has 1 aromatic rings. The van der Waals surface area contributed by atoms with Crippen LogP contribution in [0.1, 0.15) is 30.3 Å². The van der Waals surface area contributed by atoms with Crippen molar-refractivity contribution in [2.75, 3.05) is 23.7 Å². The second-order valence-corrected chi connectivity index (χ2v) is 6.11. The van der Waals surface area contributed by atoms with Gasteiger partial charge in [-0.1, -0.05) is 6.92 Å². The third kappa shape index (κ3) is 2.62. The van der Waals surface area contributed by atoms with Gasteiger partial charge in [0.2, 0.25) is 0 Å². The maximum Gasteiger partial charge on any atom is 0.103 e. The molecule has 1 fully saturated rings. The van der Waals surface area contributed by atoms with Crippen molar-refractivity contribution in [2.24, 2.45) is 0 Å². The molecule has 0 saturated carbocycles. The van der Waals surface area contributed by atoms with Crippen molar-refractivity contribution in [3.8, 4) is 6.07 Å². The molecule has 2 rings (SSSR count). The van der Waals surface area contributed by atoms with Crippen LogP contribution in [0, 0.1) is 25.2 Å². The summed E-state index contributed by atoms with van der Waals surface area (Å²) in [6.07, 6.45) is 1.19. The average molecular weight is 261 g/mol. The van der Waals surface area contributed by atoms with E-state index in [9.17, 15) is 5.26 Å². The number of rotatable bonds is 2. The second-order valence-electron chi connectivity index (χ2n) is 4.70. The molecule has 18 heavy (non-hydrogen) atoms. The van der Waals surface area contributed by atoms with Crippen molar-refractivity contribution < 1.29 is 0 Å². The van der Waals surface area contributed by atoms with Crippen LogP contribution in [0.5, 0.6) is 0 Å². The molecule has 0 spiro atoms. The van der Waals surface area contributed by atoms with Gasteiger partial charge in [0, 0.05) is 29.8 Å². The van der Waals surface area contributed by atoms with E-state index < -0.39 is 0 Å². The molecular weight excluding hydrogens is 242 g/mol. The van der Waals surface area contributed by atoms with E-state index in [2.05, 4.69) is 22.9 Å². The van der Waals surface area contributed by atoms with Crippen molar-refractivity contribution in [3.05, 3.63) is 23.0 Å². The molecular formula is C14H19N3S. The van der Waals surface area contributed by atoms with Gasteiger partial charge >= 0.3 is 0 Å². The Morgan fingerprint density at radius 2 is 2.33 bits per heavy atom. The minimum atomic E-state index is 0.680. The second kappa shape index (κ2) is 5.62. The van der Waals surface area contributed by atoms with Crippen LogP contribution in [0.4, 0.5) is 5.69 Å². The van der Waals surface area contributed by atoms with E-state index in [0.29, 0.717) is 5.25 Å². The zero-order chi connectivity index (χ0) is 13.1. The minimum absolute atomic E-state index is 0.680. The van der Waals surface area contributed by atoms with E-state index in [1.807, 2.05) is 31.7 Å². The highest BCUT2D eigenvalue weighted by molar-refractivity contribution is 8.00. The summed E-state index contributed by atoms with van der Waals surface area (Å²) in [4.78, 5) is 6.74. The zero-order valence-electron chi connectivity index (χ0n) is 11.2. The number of aromatic nitrogens is 1. The molecule has 4 heteroatoms. The van der Waals surface area contributed by atoms with Crippen LogP contribution in [0.15, 0.2) is 6.07 Å². The lowest BCUT2D eigenvalue weighted by molar-refractivity contribution is 0.726. The van der Waals surface area contributed by atoms with E-state index in [1.54, 1.807) is 0 Å². The molecule has 1 aromatic heterocycles. The molecule has 96 valence electrons. The maximum atomic E-state index is 9.32. The van der Waals surface area contributed by atoms with E-state index in [0.717, 1.165) is 41.5 Å².